The standard InChI is InChI=1S/2C5H7NO3/c2*6-4(7)2-1-3(2)5(8)9/h2*2-3H,1H2,(H2,6,7)(H,8,9)/t2*2-,3+/m10/s1. The number of carbonyl (C=O) groups is 4. The van der Waals surface area contributed by atoms with E-state index in [0.29, 0.717) is 12.8 Å². The highest BCUT2D eigenvalue weighted by atomic mass is 16.4. The first-order valence-corrected chi connectivity index (χ1v) is 5.30. The van der Waals surface area contributed by atoms with Crippen molar-refractivity contribution >= 4 is 23.8 Å². The number of amides is 2. The molecule has 2 aliphatic carbocycles. The average Bonchev–Trinajstić information content (AvgIpc) is 3.12. The van der Waals surface area contributed by atoms with Crippen LogP contribution in [-0.4, -0.2) is 34.0 Å². The maximum Gasteiger partial charge on any atom is 0.307 e. The summed E-state index contributed by atoms with van der Waals surface area (Å²) in [5.41, 5.74) is 9.65. The maximum absolute atomic E-state index is 10.2. The Bertz CT molecular complexity index is 333. The Labute approximate surface area is 102 Å². The first kappa shape index (κ1) is 13.9. The molecule has 8 heteroatoms. The lowest BCUT2D eigenvalue weighted by atomic mass is 10.3. The van der Waals surface area contributed by atoms with Crippen LogP contribution in [0.15, 0.2) is 0 Å². The molecule has 0 aromatic carbocycles. The molecular formula is C10H14N2O6. The van der Waals surface area contributed by atoms with Gasteiger partial charge in [-0.15, -0.1) is 0 Å². The molecule has 0 saturated heterocycles. The van der Waals surface area contributed by atoms with Crippen molar-refractivity contribution in [2.24, 2.45) is 35.1 Å². The topological polar surface area (TPSA) is 161 Å². The molecule has 0 radical (unpaired) electrons. The predicted octanol–water partition coefficient (Wildman–Crippen LogP) is -1.62. The fourth-order valence-electron chi connectivity index (χ4n) is 1.56. The Morgan fingerprint density at radius 1 is 0.722 bits per heavy atom. The number of hydrogen-bond donors (Lipinski definition) is 4. The van der Waals surface area contributed by atoms with E-state index in [2.05, 4.69) is 0 Å². The van der Waals surface area contributed by atoms with Gasteiger partial charge >= 0.3 is 11.9 Å². The molecule has 2 saturated carbocycles. The summed E-state index contributed by atoms with van der Waals surface area (Å²) in [7, 11) is 0. The zero-order valence-corrected chi connectivity index (χ0v) is 9.41. The predicted molar refractivity (Wildman–Crippen MR) is 56.9 cm³/mol. The Balaban J connectivity index is 0.000000180. The minimum Gasteiger partial charge on any atom is -0.481 e. The van der Waals surface area contributed by atoms with Gasteiger partial charge < -0.3 is 21.7 Å². The Morgan fingerprint density at radius 2 is 1.00 bits per heavy atom. The zero-order valence-electron chi connectivity index (χ0n) is 9.41. The third kappa shape index (κ3) is 3.44. The van der Waals surface area contributed by atoms with Crippen LogP contribution in [0.5, 0.6) is 0 Å². The van der Waals surface area contributed by atoms with E-state index in [0.717, 1.165) is 0 Å². The van der Waals surface area contributed by atoms with Crippen LogP contribution in [0.25, 0.3) is 0 Å². The van der Waals surface area contributed by atoms with E-state index < -0.39 is 47.4 Å². The molecule has 4 atom stereocenters. The number of aliphatic carboxylic acids is 2. The highest BCUT2D eigenvalue weighted by Gasteiger charge is 2.47. The molecule has 6 N–H and O–H groups in total. The van der Waals surface area contributed by atoms with E-state index >= 15 is 0 Å². The molecule has 0 aromatic heterocycles. The van der Waals surface area contributed by atoms with Crippen LogP contribution in [0.4, 0.5) is 0 Å². The molecule has 0 unspecified atom stereocenters. The van der Waals surface area contributed by atoms with Crippen LogP contribution in [-0.2, 0) is 19.2 Å². The van der Waals surface area contributed by atoms with Gasteiger partial charge in [0.1, 0.15) is 0 Å². The fraction of sp³-hybridized carbons (Fsp3) is 0.600. The molecule has 18 heavy (non-hydrogen) atoms. The Kier molecular flexibility index (Phi) is 3.89. The second-order valence-corrected chi connectivity index (χ2v) is 4.38. The lowest BCUT2D eigenvalue weighted by Crippen LogP contribution is -2.16. The highest BCUT2D eigenvalue weighted by molar-refractivity contribution is 5.88. The van der Waals surface area contributed by atoms with E-state index in [9.17, 15) is 19.2 Å². The first-order valence-electron chi connectivity index (χ1n) is 5.30. The van der Waals surface area contributed by atoms with E-state index in [4.69, 9.17) is 21.7 Å². The summed E-state index contributed by atoms with van der Waals surface area (Å²) >= 11 is 0. The van der Waals surface area contributed by atoms with E-state index in [1.165, 1.54) is 0 Å². The van der Waals surface area contributed by atoms with Crippen molar-refractivity contribution in [1.29, 1.82) is 0 Å². The Hall–Kier alpha value is -2.12. The molecule has 0 bridgehead atoms. The number of nitrogens with two attached hydrogens (primary N) is 2. The van der Waals surface area contributed by atoms with Crippen LogP contribution in [0.3, 0.4) is 0 Å². The molecule has 2 aliphatic rings. The van der Waals surface area contributed by atoms with Crippen molar-refractivity contribution in [3.63, 3.8) is 0 Å². The van der Waals surface area contributed by atoms with Gasteiger partial charge in [-0.25, -0.2) is 0 Å². The largest absolute Gasteiger partial charge is 0.481 e. The number of carbonyl (C=O) groups excluding carboxylic acids is 2. The monoisotopic (exact) mass is 258 g/mol. The highest BCUT2D eigenvalue weighted by Crippen LogP contribution is 2.38. The summed E-state index contributed by atoms with van der Waals surface area (Å²) < 4.78 is 0. The van der Waals surface area contributed by atoms with Gasteiger partial charge in [-0.05, 0) is 12.8 Å². The summed E-state index contributed by atoms with van der Waals surface area (Å²) in [6.07, 6.45) is 0.843. The second kappa shape index (κ2) is 5.03. The molecular weight excluding hydrogens is 244 g/mol. The van der Waals surface area contributed by atoms with Gasteiger partial charge in [0.15, 0.2) is 0 Å². The molecule has 0 aromatic rings. The van der Waals surface area contributed by atoms with E-state index in [1.54, 1.807) is 0 Å². The van der Waals surface area contributed by atoms with E-state index in [1.807, 2.05) is 0 Å². The smallest absolute Gasteiger partial charge is 0.307 e. The molecule has 2 amide bonds. The number of carboxylic acids is 2. The van der Waals surface area contributed by atoms with E-state index in [-0.39, 0.29) is 0 Å². The SMILES string of the molecule is NC(=O)[C@@H]1C[C@@H]1C(=O)O.NC(=O)[C@H]1C[C@H]1C(=O)O. The fourth-order valence-corrected chi connectivity index (χ4v) is 1.56. The summed E-state index contributed by atoms with van der Waals surface area (Å²) in [5.74, 6) is -4.63. The lowest BCUT2D eigenvalue weighted by molar-refractivity contribution is -0.140. The van der Waals surface area contributed by atoms with Crippen LogP contribution >= 0.6 is 0 Å². The summed E-state index contributed by atoms with van der Waals surface area (Å²) in [6, 6.07) is 0. The van der Waals surface area contributed by atoms with Crippen molar-refractivity contribution in [3.8, 4) is 0 Å². The van der Waals surface area contributed by atoms with Gasteiger partial charge in [0.25, 0.3) is 0 Å². The molecule has 2 rings (SSSR count). The van der Waals surface area contributed by atoms with Crippen LogP contribution in [0.2, 0.25) is 0 Å². The lowest BCUT2D eigenvalue weighted by Gasteiger charge is -1.85. The Morgan fingerprint density at radius 3 is 1.06 bits per heavy atom. The maximum atomic E-state index is 10.2. The number of primary amides is 2. The van der Waals surface area contributed by atoms with Crippen molar-refractivity contribution in [3.05, 3.63) is 0 Å². The molecule has 8 nitrogen and oxygen atoms in total. The average molecular weight is 258 g/mol. The van der Waals surface area contributed by atoms with Gasteiger partial charge in [-0.1, -0.05) is 0 Å². The summed E-state index contributed by atoms with van der Waals surface area (Å²) in [5, 5.41) is 16.5. The number of rotatable bonds is 4. The third-order valence-electron chi connectivity index (χ3n) is 2.95. The van der Waals surface area contributed by atoms with Gasteiger partial charge in [-0.3, -0.25) is 19.2 Å². The van der Waals surface area contributed by atoms with Crippen LogP contribution < -0.4 is 11.5 Å². The van der Waals surface area contributed by atoms with Crippen molar-refractivity contribution in [2.75, 3.05) is 0 Å². The van der Waals surface area contributed by atoms with Gasteiger partial charge in [0.05, 0.1) is 23.7 Å². The van der Waals surface area contributed by atoms with Crippen molar-refractivity contribution in [2.45, 2.75) is 12.8 Å². The third-order valence-corrected chi connectivity index (χ3v) is 2.95. The minimum absolute atomic E-state index is 0.400. The van der Waals surface area contributed by atoms with Crippen LogP contribution in [0, 0.1) is 23.7 Å². The quantitative estimate of drug-likeness (QED) is 0.474. The normalized spacial score (nSPS) is 31.6. The molecule has 0 aliphatic heterocycles. The van der Waals surface area contributed by atoms with Gasteiger partial charge in [-0.2, -0.15) is 0 Å². The summed E-state index contributed by atoms with van der Waals surface area (Å²) in [6.45, 7) is 0. The minimum atomic E-state index is -0.918. The number of hydrogen-bond acceptors (Lipinski definition) is 4. The first-order chi connectivity index (χ1) is 8.25. The number of carboxylic acid groups (broad SMARTS) is 2. The van der Waals surface area contributed by atoms with Crippen molar-refractivity contribution < 1.29 is 29.4 Å². The molecule has 0 spiro atoms. The molecule has 2 fully saturated rings. The molecule has 0 heterocycles. The summed E-state index contributed by atoms with van der Waals surface area (Å²) in [4.78, 5) is 40.6. The van der Waals surface area contributed by atoms with Crippen LogP contribution in [0.1, 0.15) is 12.8 Å². The van der Waals surface area contributed by atoms with Gasteiger partial charge in [0, 0.05) is 0 Å². The zero-order chi connectivity index (χ0) is 14.0. The molecule has 100 valence electrons. The van der Waals surface area contributed by atoms with Gasteiger partial charge in [0.2, 0.25) is 11.8 Å². The second-order valence-electron chi connectivity index (χ2n) is 4.38. The van der Waals surface area contributed by atoms with Crippen molar-refractivity contribution in [1.82, 2.24) is 0 Å².